The zero-order valence-electron chi connectivity index (χ0n) is 10.1. The quantitative estimate of drug-likeness (QED) is 0.562. The second kappa shape index (κ2) is 5.10. The first kappa shape index (κ1) is 13.9. The van der Waals surface area contributed by atoms with Crippen molar-refractivity contribution in [2.24, 2.45) is 17.3 Å². The third-order valence-electron chi connectivity index (χ3n) is 2.87. The van der Waals surface area contributed by atoms with Crippen LogP contribution in [-0.2, 0) is 9.59 Å². The maximum atomic E-state index is 11.4. The van der Waals surface area contributed by atoms with Gasteiger partial charge in [-0.25, -0.2) is 0 Å². The van der Waals surface area contributed by atoms with Crippen molar-refractivity contribution in [3.8, 4) is 0 Å². The molecule has 2 atom stereocenters. The van der Waals surface area contributed by atoms with E-state index in [0.29, 0.717) is 5.92 Å². The fourth-order valence-corrected chi connectivity index (χ4v) is 1.25. The molecule has 0 aromatic carbocycles. The van der Waals surface area contributed by atoms with Crippen molar-refractivity contribution in [3.63, 3.8) is 0 Å². The minimum atomic E-state index is -1.31. The summed E-state index contributed by atoms with van der Waals surface area (Å²) in [6.07, 6.45) is 3.73. The van der Waals surface area contributed by atoms with E-state index in [2.05, 4.69) is 0 Å². The number of rotatable bonds is 5. The summed E-state index contributed by atoms with van der Waals surface area (Å²) in [5, 5.41) is 9.08. The van der Waals surface area contributed by atoms with E-state index in [0.717, 1.165) is 0 Å². The van der Waals surface area contributed by atoms with E-state index in [9.17, 15) is 9.59 Å². The number of hydrogen-bond acceptors (Lipinski definition) is 2. The first-order valence-corrected chi connectivity index (χ1v) is 5.15. The SMILES string of the molecule is CC(=O)[C@@](C)(C(=O)O)[C@H](C)/C=C/C(C)C. The van der Waals surface area contributed by atoms with Crippen molar-refractivity contribution in [1.82, 2.24) is 0 Å². The maximum absolute atomic E-state index is 11.4. The van der Waals surface area contributed by atoms with Crippen LogP contribution in [0.15, 0.2) is 12.2 Å². The molecule has 0 spiro atoms. The predicted octanol–water partition coefficient (Wildman–Crippen LogP) is 2.51. The second-order valence-electron chi connectivity index (χ2n) is 4.48. The molecule has 86 valence electrons. The number of carboxylic acids is 1. The summed E-state index contributed by atoms with van der Waals surface area (Å²) in [5.74, 6) is -1.31. The third kappa shape index (κ3) is 3.18. The Labute approximate surface area is 91.2 Å². The molecule has 1 N–H and O–H groups in total. The zero-order valence-corrected chi connectivity index (χ0v) is 10.1. The fraction of sp³-hybridized carbons (Fsp3) is 0.667. The van der Waals surface area contributed by atoms with Gasteiger partial charge in [-0.2, -0.15) is 0 Å². The Morgan fingerprint density at radius 3 is 1.93 bits per heavy atom. The lowest BCUT2D eigenvalue weighted by molar-refractivity contribution is -0.155. The molecule has 3 heteroatoms. The van der Waals surface area contributed by atoms with E-state index in [4.69, 9.17) is 5.11 Å². The molecule has 15 heavy (non-hydrogen) atoms. The summed E-state index contributed by atoms with van der Waals surface area (Å²) in [4.78, 5) is 22.5. The van der Waals surface area contributed by atoms with E-state index in [-0.39, 0.29) is 11.7 Å². The van der Waals surface area contributed by atoms with E-state index >= 15 is 0 Å². The number of carboxylic acid groups (broad SMARTS) is 1. The highest BCUT2D eigenvalue weighted by atomic mass is 16.4. The third-order valence-corrected chi connectivity index (χ3v) is 2.87. The van der Waals surface area contributed by atoms with Crippen molar-refractivity contribution in [1.29, 1.82) is 0 Å². The van der Waals surface area contributed by atoms with Crippen LogP contribution in [0.3, 0.4) is 0 Å². The van der Waals surface area contributed by atoms with Crippen molar-refractivity contribution in [2.75, 3.05) is 0 Å². The Hall–Kier alpha value is -1.12. The van der Waals surface area contributed by atoms with Gasteiger partial charge in [0.1, 0.15) is 11.2 Å². The fourth-order valence-electron chi connectivity index (χ4n) is 1.25. The highest BCUT2D eigenvalue weighted by Crippen LogP contribution is 2.30. The highest BCUT2D eigenvalue weighted by Gasteiger charge is 2.42. The normalized spacial score (nSPS) is 17.7. The lowest BCUT2D eigenvalue weighted by atomic mass is 9.74. The molecule has 0 aromatic heterocycles. The topological polar surface area (TPSA) is 54.4 Å². The summed E-state index contributed by atoms with van der Waals surface area (Å²) in [5.41, 5.74) is -1.31. The number of ketones is 1. The Morgan fingerprint density at radius 2 is 1.67 bits per heavy atom. The standard InChI is InChI=1S/C12H20O3/c1-8(2)6-7-9(3)12(5,10(4)13)11(14)15/h6-9H,1-5H3,(H,14,15)/b7-6+/t9-,12+/m1/s1. The summed E-state index contributed by atoms with van der Waals surface area (Å²) >= 11 is 0. The number of carbonyl (C=O) groups excluding carboxylic acids is 1. The van der Waals surface area contributed by atoms with Gasteiger partial charge in [0.2, 0.25) is 0 Å². The molecule has 0 radical (unpaired) electrons. The van der Waals surface area contributed by atoms with E-state index in [1.807, 2.05) is 19.9 Å². The molecule has 3 nitrogen and oxygen atoms in total. The van der Waals surface area contributed by atoms with Gasteiger partial charge in [0.05, 0.1) is 0 Å². The van der Waals surface area contributed by atoms with Gasteiger partial charge in [-0.15, -0.1) is 0 Å². The van der Waals surface area contributed by atoms with E-state index in [1.54, 1.807) is 13.0 Å². The van der Waals surface area contributed by atoms with E-state index in [1.165, 1.54) is 13.8 Å². The van der Waals surface area contributed by atoms with Crippen LogP contribution in [0.1, 0.15) is 34.6 Å². The summed E-state index contributed by atoms with van der Waals surface area (Å²) in [6, 6.07) is 0. The van der Waals surface area contributed by atoms with Crippen molar-refractivity contribution >= 4 is 11.8 Å². The molecule has 0 aliphatic rings. The monoisotopic (exact) mass is 212 g/mol. The molecular weight excluding hydrogens is 192 g/mol. The van der Waals surface area contributed by atoms with Gasteiger partial charge in [-0.3, -0.25) is 9.59 Å². The molecule has 0 aliphatic heterocycles. The predicted molar refractivity (Wildman–Crippen MR) is 59.6 cm³/mol. The van der Waals surface area contributed by atoms with Crippen LogP contribution in [-0.4, -0.2) is 16.9 Å². The maximum Gasteiger partial charge on any atom is 0.317 e. The van der Waals surface area contributed by atoms with Crippen molar-refractivity contribution in [3.05, 3.63) is 12.2 Å². The van der Waals surface area contributed by atoms with Gasteiger partial charge in [-0.05, 0) is 25.7 Å². The first-order chi connectivity index (χ1) is 6.72. The number of aliphatic carboxylic acids is 1. The number of carbonyl (C=O) groups is 2. The van der Waals surface area contributed by atoms with Crippen LogP contribution in [0, 0.1) is 17.3 Å². The van der Waals surface area contributed by atoms with Crippen LogP contribution >= 0.6 is 0 Å². The highest BCUT2D eigenvalue weighted by molar-refractivity contribution is 6.01. The molecule has 0 saturated heterocycles. The molecule has 0 bridgehead atoms. The van der Waals surface area contributed by atoms with Gasteiger partial charge >= 0.3 is 5.97 Å². The summed E-state index contributed by atoms with van der Waals surface area (Å²) in [6.45, 7) is 8.58. The summed E-state index contributed by atoms with van der Waals surface area (Å²) in [7, 11) is 0. The van der Waals surface area contributed by atoms with Gasteiger partial charge in [0.15, 0.2) is 0 Å². The minimum absolute atomic E-state index is 0.296. The van der Waals surface area contributed by atoms with Crippen LogP contribution in [0.2, 0.25) is 0 Å². The Balaban J connectivity index is 4.96. The molecule has 0 unspecified atom stereocenters. The molecule has 0 fully saturated rings. The number of allylic oxidation sites excluding steroid dienone is 2. The lowest BCUT2D eigenvalue weighted by Gasteiger charge is -2.26. The van der Waals surface area contributed by atoms with E-state index < -0.39 is 11.4 Å². The number of hydrogen-bond donors (Lipinski definition) is 1. The zero-order chi connectivity index (χ0) is 12.2. The Bertz CT molecular complexity index is 263. The van der Waals surface area contributed by atoms with Crippen molar-refractivity contribution < 1.29 is 14.7 Å². The smallest absolute Gasteiger partial charge is 0.317 e. The lowest BCUT2D eigenvalue weighted by Crippen LogP contribution is -2.40. The van der Waals surface area contributed by atoms with Gasteiger partial charge in [0.25, 0.3) is 0 Å². The van der Waals surface area contributed by atoms with Gasteiger partial charge in [0, 0.05) is 0 Å². The molecule has 0 aliphatic carbocycles. The molecule has 0 aromatic rings. The van der Waals surface area contributed by atoms with Gasteiger partial charge < -0.3 is 5.11 Å². The van der Waals surface area contributed by atoms with Crippen LogP contribution in [0.5, 0.6) is 0 Å². The van der Waals surface area contributed by atoms with Crippen LogP contribution in [0.4, 0.5) is 0 Å². The van der Waals surface area contributed by atoms with Crippen molar-refractivity contribution in [2.45, 2.75) is 34.6 Å². The second-order valence-corrected chi connectivity index (χ2v) is 4.48. The molecular formula is C12H20O3. The minimum Gasteiger partial charge on any atom is -0.480 e. The Morgan fingerprint density at radius 1 is 1.20 bits per heavy atom. The largest absolute Gasteiger partial charge is 0.480 e. The average Bonchev–Trinajstić information content (AvgIpc) is 2.11. The molecule has 0 rings (SSSR count). The molecule has 0 amide bonds. The average molecular weight is 212 g/mol. The first-order valence-electron chi connectivity index (χ1n) is 5.15. The number of Topliss-reactive ketones (excluding diaryl/α,β-unsaturated/α-hetero) is 1. The van der Waals surface area contributed by atoms with Crippen LogP contribution < -0.4 is 0 Å². The Kier molecular flexibility index (Phi) is 4.72. The van der Waals surface area contributed by atoms with Crippen LogP contribution in [0.25, 0.3) is 0 Å². The molecule has 0 saturated carbocycles. The molecule has 0 heterocycles. The summed E-state index contributed by atoms with van der Waals surface area (Å²) < 4.78 is 0. The van der Waals surface area contributed by atoms with Gasteiger partial charge in [-0.1, -0.05) is 32.9 Å².